The first-order valence-corrected chi connectivity index (χ1v) is 8.78. The van der Waals surface area contributed by atoms with Crippen molar-refractivity contribution in [3.63, 3.8) is 0 Å². The summed E-state index contributed by atoms with van der Waals surface area (Å²) in [5.41, 5.74) is 0.983. The summed E-state index contributed by atoms with van der Waals surface area (Å²) in [7, 11) is 1.27. The Morgan fingerprint density at radius 1 is 1.11 bits per heavy atom. The number of methoxy groups -OCH3 is 1. The Morgan fingerprint density at radius 3 is 2.46 bits per heavy atom. The molecule has 28 heavy (non-hydrogen) atoms. The molecular weight excluding hydrogens is 366 g/mol. The molecule has 0 saturated carbocycles. The van der Waals surface area contributed by atoms with Gasteiger partial charge in [-0.05, 0) is 19.1 Å². The number of fused-ring (bicyclic) bond motifs is 2. The molecule has 1 aromatic carbocycles. The van der Waals surface area contributed by atoms with Crippen molar-refractivity contribution >= 4 is 16.9 Å². The van der Waals surface area contributed by atoms with Gasteiger partial charge in [-0.1, -0.05) is 0 Å². The topological polar surface area (TPSA) is 126 Å². The molecule has 0 unspecified atom stereocenters. The van der Waals surface area contributed by atoms with Crippen molar-refractivity contribution in [2.75, 3.05) is 20.3 Å². The van der Waals surface area contributed by atoms with E-state index in [1.807, 2.05) is 0 Å². The second kappa shape index (κ2) is 6.91. The number of hydrogen-bond acceptors (Lipinski definition) is 6. The van der Waals surface area contributed by atoms with Crippen LogP contribution in [0.25, 0.3) is 10.9 Å². The lowest BCUT2D eigenvalue weighted by atomic mass is 9.88. The van der Waals surface area contributed by atoms with Crippen LogP contribution in [0.5, 0.6) is 11.5 Å². The molecule has 0 aliphatic carbocycles. The summed E-state index contributed by atoms with van der Waals surface area (Å²) < 4.78 is 15.9. The third-order valence-electron chi connectivity index (χ3n) is 4.87. The van der Waals surface area contributed by atoms with Crippen LogP contribution >= 0.6 is 0 Å². The van der Waals surface area contributed by atoms with Crippen molar-refractivity contribution in [1.82, 2.24) is 15.2 Å². The van der Waals surface area contributed by atoms with Crippen LogP contribution in [0.15, 0.2) is 27.8 Å². The number of pyridine rings is 1. The molecule has 9 nitrogen and oxygen atoms in total. The minimum Gasteiger partial charge on any atom is -0.486 e. The average Bonchev–Trinajstić information content (AvgIpc) is 3.02. The van der Waals surface area contributed by atoms with Crippen LogP contribution < -0.4 is 20.6 Å². The normalized spacial score (nSPS) is 14.1. The fraction of sp³-hybridized carbons (Fsp3) is 0.316. The molecule has 3 heterocycles. The van der Waals surface area contributed by atoms with Gasteiger partial charge in [-0.2, -0.15) is 0 Å². The fourth-order valence-electron chi connectivity index (χ4n) is 3.51. The molecule has 0 amide bonds. The molecule has 2 aromatic heterocycles. The number of nitrogens with one attached hydrogen (secondary N) is 3. The number of hydrogen-bond donors (Lipinski definition) is 3. The summed E-state index contributed by atoms with van der Waals surface area (Å²) in [6.45, 7) is 2.59. The second-order valence-electron chi connectivity index (χ2n) is 6.59. The van der Waals surface area contributed by atoms with Crippen LogP contribution in [0.4, 0.5) is 0 Å². The number of esters is 1. The van der Waals surface area contributed by atoms with Crippen LogP contribution in [0.2, 0.25) is 0 Å². The van der Waals surface area contributed by atoms with Gasteiger partial charge in [0.15, 0.2) is 11.5 Å². The quantitative estimate of drug-likeness (QED) is 0.582. The predicted molar refractivity (Wildman–Crippen MR) is 100 cm³/mol. The van der Waals surface area contributed by atoms with E-state index in [1.165, 1.54) is 7.11 Å². The Hall–Kier alpha value is -3.49. The van der Waals surface area contributed by atoms with E-state index in [9.17, 15) is 14.4 Å². The summed E-state index contributed by atoms with van der Waals surface area (Å²) in [5, 5.41) is 5.94. The van der Waals surface area contributed by atoms with Gasteiger partial charge in [0.05, 0.1) is 19.0 Å². The molecule has 4 rings (SSSR count). The zero-order chi connectivity index (χ0) is 19.8. The lowest BCUT2D eigenvalue weighted by Crippen LogP contribution is -2.24. The number of carbonyl (C=O) groups is 1. The van der Waals surface area contributed by atoms with E-state index >= 15 is 0 Å². The molecule has 146 valence electrons. The van der Waals surface area contributed by atoms with Gasteiger partial charge in [-0.3, -0.25) is 19.5 Å². The molecule has 0 bridgehead atoms. The first-order valence-electron chi connectivity index (χ1n) is 8.78. The van der Waals surface area contributed by atoms with Crippen LogP contribution in [-0.4, -0.2) is 41.5 Å². The average molecular weight is 385 g/mol. The monoisotopic (exact) mass is 385 g/mol. The van der Waals surface area contributed by atoms with Gasteiger partial charge in [-0.15, -0.1) is 0 Å². The van der Waals surface area contributed by atoms with Crippen LogP contribution in [0, 0.1) is 6.92 Å². The van der Waals surface area contributed by atoms with Crippen molar-refractivity contribution in [1.29, 1.82) is 0 Å². The van der Waals surface area contributed by atoms with Crippen LogP contribution in [0.1, 0.15) is 29.2 Å². The molecule has 0 saturated heterocycles. The molecule has 0 spiro atoms. The number of H-pyrrole nitrogens is 3. The maximum absolute atomic E-state index is 12.8. The number of aryl methyl sites for hydroxylation is 1. The molecule has 0 fully saturated rings. The van der Waals surface area contributed by atoms with Gasteiger partial charge in [0.25, 0.3) is 11.1 Å². The Kier molecular flexibility index (Phi) is 4.42. The van der Waals surface area contributed by atoms with Gasteiger partial charge >= 0.3 is 5.97 Å². The lowest BCUT2D eigenvalue weighted by Gasteiger charge is -2.19. The molecule has 3 N–H and O–H groups in total. The first kappa shape index (κ1) is 17.9. The number of benzene rings is 1. The first-order chi connectivity index (χ1) is 13.5. The maximum Gasteiger partial charge on any atom is 0.306 e. The Labute approximate surface area is 158 Å². The molecule has 0 radical (unpaired) electrons. The maximum atomic E-state index is 12.8. The number of rotatable bonds is 4. The zero-order valence-electron chi connectivity index (χ0n) is 15.4. The Morgan fingerprint density at radius 2 is 1.82 bits per heavy atom. The molecular formula is C19H19N3O6. The molecule has 3 aromatic rings. The molecule has 9 heteroatoms. The predicted octanol–water partition coefficient (Wildman–Crippen LogP) is 1.32. The Bertz CT molecular complexity index is 1170. The van der Waals surface area contributed by atoms with Gasteiger partial charge in [0.2, 0.25) is 0 Å². The lowest BCUT2D eigenvalue weighted by molar-refractivity contribution is -0.140. The number of aromatic nitrogens is 3. The SMILES string of the molecule is COC(=O)C[C@H](c1cc2cc3c(cc2[nH]c1=O)OCCO3)c1c(C)[nH][nH]c1=O. The summed E-state index contributed by atoms with van der Waals surface area (Å²) in [4.78, 5) is 39.9. The third kappa shape index (κ3) is 3.04. The van der Waals surface area contributed by atoms with Crippen molar-refractivity contribution in [3.8, 4) is 11.5 Å². The van der Waals surface area contributed by atoms with Crippen LogP contribution in [0.3, 0.4) is 0 Å². The van der Waals surface area contributed by atoms with Crippen molar-refractivity contribution in [3.05, 3.63) is 55.7 Å². The highest BCUT2D eigenvalue weighted by molar-refractivity contribution is 5.83. The highest BCUT2D eigenvalue weighted by Gasteiger charge is 2.27. The highest BCUT2D eigenvalue weighted by atomic mass is 16.6. The summed E-state index contributed by atoms with van der Waals surface area (Å²) in [6, 6.07) is 5.15. The summed E-state index contributed by atoms with van der Waals surface area (Å²) >= 11 is 0. The van der Waals surface area contributed by atoms with E-state index in [-0.39, 0.29) is 12.0 Å². The minimum atomic E-state index is -0.760. The van der Waals surface area contributed by atoms with Gasteiger partial charge in [-0.25, -0.2) is 0 Å². The standard InChI is InChI=1S/C19H19N3O6/c1-9-17(19(25)22-21-9)11(7-16(23)26-2)12-5-10-6-14-15(28-4-3-27-14)8-13(10)20-18(12)24/h5-6,8,11H,3-4,7H2,1-2H3,(H,20,24)(H2,21,22,25)/t11-/m1/s1. The van der Waals surface area contributed by atoms with Gasteiger partial charge < -0.3 is 24.3 Å². The van der Waals surface area contributed by atoms with E-state index in [4.69, 9.17) is 14.2 Å². The van der Waals surface area contributed by atoms with E-state index in [0.29, 0.717) is 52.4 Å². The Balaban J connectivity index is 1.90. The highest BCUT2D eigenvalue weighted by Crippen LogP contribution is 2.35. The van der Waals surface area contributed by atoms with Crippen molar-refractivity contribution in [2.45, 2.75) is 19.3 Å². The summed E-state index contributed by atoms with van der Waals surface area (Å²) in [6.07, 6.45) is -0.141. The van der Waals surface area contributed by atoms with E-state index < -0.39 is 17.4 Å². The third-order valence-corrected chi connectivity index (χ3v) is 4.87. The van der Waals surface area contributed by atoms with E-state index in [0.717, 1.165) is 0 Å². The second-order valence-corrected chi connectivity index (χ2v) is 6.59. The number of carbonyl (C=O) groups excluding carboxylic acids is 1. The number of ether oxygens (including phenoxy) is 3. The van der Waals surface area contributed by atoms with Crippen LogP contribution in [-0.2, 0) is 9.53 Å². The zero-order valence-corrected chi connectivity index (χ0v) is 15.4. The molecule has 1 aliphatic rings. The van der Waals surface area contributed by atoms with E-state index in [1.54, 1.807) is 25.1 Å². The molecule has 1 atom stereocenters. The van der Waals surface area contributed by atoms with Gasteiger partial charge in [0, 0.05) is 34.2 Å². The number of aromatic amines is 3. The van der Waals surface area contributed by atoms with Gasteiger partial charge in [0.1, 0.15) is 13.2 Å². The molecule has 1 aliphatic heterocycles. The smallest absolute Gasteiger partial charge is 0.306 e. The summed E-state index contributed by atoms with van der Waals surface area (Å²) in [5.74, 6) is -0.140. The van der Waals surface area contributed by atoms with Crippen molar-refractivity contribution in [2.24, 2.45) is 0 Å². The minimum absolute atomic E-state index is 0.141. The van der Waals surface area contributed by atoms with E-state index in [2.05, 4.69) is 15.2 Å². The fourth-order valence-corrected chi connectivity index (χ4v) is 3.51. The largest absolute Gasteiger partial charge is 0.486 e. The van der Waals surface area contributed by atoms with Crippen molar-refractivity contribution < 1.29 is 19.0 Å².